The van der Waals surface area contributed by atoms with E-state index in [9.17, 15) is 9.59 Å². The van der Waals surface area contributed by atoms with Crippen molar-refractivity contribution in [2.45, 2.75) is 33.3 Å². The molecular weight excluding hydrogens is 384 g/mol. The lowest BCUT2D eigenvalue weighted by Crippen LogP contribution is -2.45. The fraction of sp³-hybridized carbons (Fsp3) is 0.286. The number of nitrogens with one attached hydrogen (secondary N) is 1. The number of benzene rings is 2. The number of carbonyl (C=O) groups excluding carboxylic acids is 2. The summed E-state index contributed by atoms with van der Waals surface area (Å²) in [6, 6.07) is 12.9. The summed E-state index contributed by atoms with van der Waals surface area (Å²) in [6.45, 7) is 5.73. The van der Waals surface area contributed by atoms with E-state index in [2.05, 4.69) is 20.8 Å². The van der Waals surface area contributed by atoms with E-state index in [1.54, 1.807) is 16.5 Å². The van der Waals surface area contributed by atoms with Crippen LogP contribution in [0.4, 0.5) is 11.4 Å². The van der Waals surface area contributed by atoms with Crippen LogP contribution in [0, 0.1) is 13.8 Å². The topological polar surface area (TPSA) is 102 Å². The first-order valence-electron chi connectivity index (χ1n) is 9.67. The van der Waals surface area contributed by atoms with Crippen LogP contribution >= 0.6 is 0 Å². The number of tetrazole rings is 1. The van der Waals surface area contributed by atoms with Gasteiger partial charge in [0.05, 0.1) is 11.4 Å². The lowest BCUT2D eigenvalue weighted by molar-refractivity contribution is -0.125. The van der Waals surface area contributed by atoms with E-state index in [1.807, 2.05) is 56.3 Å². The third kappa shape index (κ3) is 3.73. The zero-order valence-corrected chi connectivity index (χ0v) is 17.0. The number of anilines is 2. The van der Waals surface area contributed by atoms with Crippen molar-refractivity contribution in [3.8, 4) is 11.4 Å². The van der Waals surface area contributed by atoms with Gasteiger partial charge in [-0.1, -0.05) is 18.2 Å². The van der Waals surface area contributed by atoms with Gasteiger partial charge in [-0.05, 0) is 61.0 Å². The van der Waals surface area contributed by atoms with Crippen LogP contribution in [-0.4, -0.2) is 44.7 Å². The van der Waals surface area contributed by atoms with E-state index in [-0.39, 0.29) is 24.8 Å². The van der Waals surface area contributed by atoms with Gasteiger partial charge < -0.3 is 15.0 Å². The van der Waals surface area contributed by atoms with Gasteiger partial charge in [0.2, 0.25) is 5.91 Å². The van der Waals surface area contributed by atoms with E-state index in [0.29, 0.717) is 22.9 Å². The molecule has 0 radical (unpaired) electrons. The molecule has 2 amide bonds. The van der Waals surface area contributed by atoms with Gasteiger partial charge >= 0.3 is 0 Å². The monoisotopic (exact) mass is 406 g/mol. The standard InChI is InChI=1S/C21H22N6O3/c1-13-8-9-16(12-18(13)27-15(3)23-24-25-27)22-20(28)10-11-26-17-6-4-5-7-19(17)30-14(2)21(26)29/h4-9,12,14H,10-11H2,1-3H3,(H,22,28). The Morgan fingerprint density at radius 2 is 1.97 bits per heavy atom. The first kappa shape index (κ1) is 19.6. The minimum Gasteiger partial charge on any atom is -0.479 e. The molecule has 1 atom stereocenters. The van der Waals surface area contributed by atoms with Crippen molar-refractivity contribution in [1.29, 1.82) is 0 Å². The van der Waals surface area contributed by atoms with Crippen LogP contribution in [0.15, 0.2) is 42.5 Å². The number of nitrogens with zero attached hydrogens (tertiary/aromatic N) is 5. The predicted octanol–water partition coefficient (Wildman–Crippen LogP) is 2.42. The maximum absolute atomic E-state index is 12.6. The number of aryl methyl sites for hydroxylation is 2. The molecule has 30 heavy (non-hydrogen) atoms. The van der Waals surface area contributed by atoms with Gasteiger partial charge in [-0.15, -0.1) is 5.10 Å². The maximum atomic E-state index is 12.6. The van der Waals surface area contributed by atoms with E-state index in [4.69, 9.17) is 4.74 Å². The van der Waals surface area contributed by atoms with Crippen molar-refractivity contribution in [2.24, 2.45) is 0 Å². The molecule has 2 aromatic carbocycles. The molecule has 0 aliphatic carbocycles. The maximum Gasteiger partial charge on any atom is 0.267 e. The fourth-order valence-corrected chi connectivity index (χ4v) is 3.40. The second kappa shape index (κ2) is 7.94. The number of hydrogen-bond donors (Lipinski definition) is 1. The largest absolute Gasteiger partial charge is 0.479 e. The molecule has 3 aromatic rings. The van der Waals surface area contributed by atoms with Crippen LogP contribution in [0.5, 0.6) is 5.75 Å². The molecule has 0 bridgehead atoms. The Hall–Kier alpha value is -3.75. The van der Waals surface area contributed by atoms with Crippen molar-refractivity contribution in [3.63, 3.8) is 0 Å². The Balaban J connectivity index is 1.46. The molecule has 0 saturated heterocycles. The van der Waals surface area contributed by atoms with Crippen LogP contribution in [0.2, 0.25) is 0 Å². The van der Waals surface area contributed by atoms with E-state index >= 15 is 0 Å². The molecule has 1 aliphatic heterocycles. The van der Waals surface area contributed by atoms with Gasteiger partial charge in [-0.25, -0.2) is 0 Å². The number of hydrogen-bond acceptors (Lipinski definition) is 6. The summed E-state index contributed by atoms with van der Waals surface area (Å²) in [6.07, 6.45) is -0.429. The molecule has 1 N–H and O–H groups in total. The third-order valence-corrected chi connectivity index (χ3v) is 4.98. The molecule has 4 rings (SSSR count). The van der Waals surface area contributed by atoms with Gasteiger partial charge in [-0.3, -0.25) is 9.59 Å². The summed E-state index contributed by atoms with van der Waals surface area (Å²) in [4.78, 5) is 26.7. The van der Waals surface area contributed by atoms with Gasteiger partial charge in [0, 0.05) is 18.7 Å². The number of aromatic nitrogens is 4. The number of carbonyl (C=O) groups is 2. The molecule has 1 aliphatic rings. The number of rotatable bonds is 5. The summed E-state index contributed by atoms with van der Waals surface area (Å²) in [7, 11) is 0. The van der Waals surface area contributed by atoms with Crippen molar-refractivity contribution in [1.82, 2.24) is 20.2 Å². The molecule has 0 saturated carbocycles. The first-order chi connectivity index (χ1) is 14.4. The Labute approximate surface area is 173 Å². The average Bonchev–Trinajstić information content (AvgIpc) is 3.15. The van der Waals surface area contributed by atoms with Crippen LogP contribution in [0.1, 0.15) is 24.7 Å². The molecule has 9 heteroatoms. The van der Waals surface area contributed by atoms with Gasteiger partial charge in [0.1, 0.15) is 5.75 Å². The summed E-state index contributed by atoms with van der Waals surface area (Å²) < 4.78 is 7.26. The van der Waals surface area contributed by atoms with Crippen LogP contribution in [-0.2, 0) is 9.59 Å². The van der Waals surface area contributed by atoms with E-state index < -0.39 is 6.10 Å². The number of amides is 2. The lowest BCUT2D eigenvalue weighted by atomic mass is 10.1. The Morgan fingerprint density at radius 1 is 1.17 bits per heavy atom. The average molecular weight is 406 g/mol. The number of ether oxygens (including phenoxy) is 1. The molecule has 9 nitrogen and oxygen atoms in total. The molecule has 0 spiro atoms. The number of fused-ring (bicyclic) bond motifs is 1. The molecule has 1 aromatic heterocycles. The Bertz CT molecular complexity index is 1110. The normalized spacial score (nSPS) is 15.5. The third-order valence-electron chi connectivity index (χ3n) is 4.98. The van der Waals surface area contributed by atoms with Crippen molar-refractivity contribution in [3.05, 3.63) is 53.9 Å². The molecule has 2 heterocycles. The zero-order valence-electron chi connectivity index (χ0n) is 17.0. The Morgan fingerprint density at radius 3 is 2.73 bits per heavy atom. The van der Waals surface area contributed by atoms with Crippen LogP contribution in [0.3, 0.4) is 0 Å². The molecular formula is C21H22N6O3. The summed E-state index contributed by atoms with van der Waals surface area (Å²) in [5.41, 5.74) is 3.09. The quantitative estimate of drug-likeness (QED) is 0.698. The minimum absolute atomic E-state index is 0.153. The summed E-state index contributed by atoms with van der Waals surface area (Å²) in [5.74, 6) is 0.945. The van der Waals surface area contributed by atoms with Crippen molar-refractivity contribution >= 4 is 23.2 Å². The van der Waals surface area contributed by atoms with Crippen molar-refractivity contribution < 1.29 is 14.3 Å². The summed E-state index contributed by atoms with van der Waals surface area (Å²) >= 11 is 0. The molecule has 154 valence electrons. The van der Waals surface area contributed by atoms with Gasteiger partial charge in [-0.2, -0.15) is 4.68 Å². The Kier molecular flexibility index (Phi) is 5.18. The second-order valence-electron chi connectivity index (χ2n) is 7.16. The highest BCUT2D eigenvalue weighted by atomic mass is 16.5. The van der Waals surface area contributed by atoms with Gasteiger partial charge in [0.25, 0.3) is 5.91 Å². The predicted molar refractivity (Wildman–Crippen MR) is 111 cm³/mol. The lowest BCUT2D eigenvalue weighted by Gasteiger charge is -2.32. The van der Waals surface area contributed by atoms with Crippen molar-refractivity contribution in [2.75, 3.05) is 16.8 Å². The first-order valence-corrected chi connectivity index (χ1v) is 9.67. The van der Waals surface area contributed by atoms with Gasteiger partial charge in [0.15, 0.2) is 11.9 Å². The highest BCUT2D eigenvalue weighted by Crippen LogP contribution is 2.33. The zero-order chi connectivity index (χ0) is 21.3. The van der Waals surface area contributed by atoms with Crippen LogP contribution < -0.4 is 15.0 Å². The van der Waals surface area contributed by atoms with Crippen LogP contribution in [0.25, 0.3) is 5.69 Å². The smallest absolute Gasteiger partial charge is 0.267 e. The van der Waals surface area contributed by atoms with E-state index in [0.717, 1.165) is 11.3 Å². The second-order valence-corrected chi connectivity index (χ2v) is 7.16. The molecule has 0 fully saturated rings. The summed E-state index contributed by atoms with van der Waals surface area (Å²) in [5, 5.41) is 14.5. The SMILES string of the molecule is Cc1ccc(NC(=O)CCN2C(=O)C(C)Oc3ccccc32)cc1-n1nnnc1C. The minimum atomic E-state index is -0.581. The molecule has 1 unspecified atom stereocenters. The number of para-hydroxylation sites is 2. The fourth-order valence-electron chi connectivity index (χ4n) is 3.40. The highest BCUT2D eigenvalue weighted by molar-refractivity contribution is 6.00. The van der Waals surface area contributed by atoms with E-state index in [1.165, 1.54) is 0 Å². The highest BCUT2D eigenvalue weighted by Gasteiger charge is 2.31.